The highest BCUT2D eigenvalue weighted by atomic mass is 32.2. The quantitative estimate of drug-likeness (QED) is 0.0883. The maximum absolute atomic E-state index is 13.7. The van der Waals surface area contributed by atoms with Gasteiger partial charge in [-0.05, 0) is 88.0 Å². The molecule has 1 fully saturated rings. The minimum Gasteiger partial charge on any atom is -0.392 e. The number of nitrogens with zero attached hydrogens (tertiary/aromatic N) is 1. The van der Waals surface area contributed by atoms with Crippen LogP contribution >= 0.6 is 0 Å². The molecule has 7 aromatic carbocycles. The predicted molar refractivity (Wildman–Crippen MR) is 244 cm³/mol. The highest BCUT2D eigenvalue weighted by Crippen LogP contribution is 2.42. The second-order valence-electron chi connectivity index (χ2n) is 16.5. The van der Waals surface area contributed by atoms with Gasteiger partial charge in [0.15, 0.2) is 6.29 Å². The van der Waals surface area contributed by atoms with Gasteiger partial charge in [-0.15, -0.1) is 0 Å². The van der Waals surface area contributed by atoms with E-state index in [0.29, 0.717) is 6.54 Å². The molecule has 8 rings (SSSR count). The number of aliphatic hydroxyl groups excluding tert-OH is 1. The van der Waals surface area contributed by atoms with Gasteiger partial charge in [0.1, 0.15) is 6.04 Å². The van der Waals surface area contributed by atoms with Gasteiger partial charge in [-0.3, -0.25) is 9.69 Å². The van der Waals surface area contributed by atoms with Gasteiger partial charge in [-0.2, -0.15) is 4.72 Å². The van der Waals surface area contributed by atoms with E-state index < -0.39 is 28.3 Å². The van der Waals surface area contributed by atoms with Crippen molar-refractivity contribution in [3.63, 3.8) is 0 Å². The van der Waals surface area contributed by atoms with Crippen molar-refractivity contribution in [2.45, 2.75) is 69.4 Å². The van der Waals surface area contributed by atoms with E-state index in [1.807, 2.05) is 85.8 Å². The molecule has 0 aliphatic carbocycles. The lowest BCUT2D eigenvalue weighted by Crippen LogP contribution is -2.47. The fourth-order valence-electron chi connectivity index (χ4n) is 8.36. The third-order valence-corrected chi connectivity index (χ3v) is 13.4. The largest absolute Gasteiger partial charge is 0.392 e. The lowest BCUT2D eigenvalue weighted by Gasteiger charge is -2.42. The maximum atomic E-state index is 13.7. The summed E-state index contributed by atoms with van der Waals surface area (Å²) in [6.07, 6.45) is -0.945. The number of hydrogen-bond donors (Lipinski definition) is 3. The predicted octanol–water partition coefficient (Wildman–Crippen LogP) is 8.92. The van der Waals surface area contributed by atoms with Crippen LogP contribution in [0.5, 0.6) is 0 Å². The van der Waals surface area contributed by atoms with Gasteiger partial charge in [-0.25, -0.2) is 8.42 Å². The number of carbonyl (C=O) groups is 1. The molecule has 10 heteroatoms. The molecule has 1 saturated heterocycles. The lowest BCUT2D eigenvalue weighted by atomic mass is 9.89. The fourth-order valence-corrected chi connectivity index (χ4v) is 9.56. The van der Waals surface area contributed by atoms with Gasteiger partial charge < -0.3 is 19.9 Å². The van der Waals surface area contributed by atoms with Crippen molar-refractivity contribution in [2.24, 2.45) is 5.92 Å². The summed E-state index contributed by atoms with van der Waals surface area (Å²) in [6, 6.07) is 49.9. The Morgan fingerprint density at radius 2 is 1.32 bits per heavy atom. The average molecular weight is 848 g/mol. The minimum absolute atomic E-state index is 0.000290. The minimum atomic E-state index is -3.97. The molecule has 1 aliphatic heterocycles. The van der Waals surface area contributed by atoms with E-state index in [2.05, 4.69) is 83.5 Å². The zero-order chi connectivity index (χ0) is 43.2. The van der Waals surface area contributed by atoms with Crippen LogP contribution in [0.2, 0.25) is 0 Å². The summed E-state index contributed by atoms with van der Waals surface area (Å²) < 4.78 is 43.1. The number of hydrogen-bond acceptors (Lipinski definition) is 7. The molecular formula is C52H53N3O6S. The molecule has 1 heterocycles. The average Bonchev–Trinajstić information content (AvgIpc) is 3.29. The number of likely N-dealkylation sites (N-methyl/N-ethyl adjacent to an activating group) is 1. The highest BCUT2D eigenvalue weighted by Gasteiger charge is 2.39. The number of aliphatic hydroxyl groups is 1. The van der Waals surface area contributed by atoms with Crippen molar-refractivity contribution in [3.8, 4) is 0 Å². The Morgan fingerprint density at radius 1 is 0.726 bits per heavy atom. The van der Waals surface area contributed by atoms with E-state index in [0.717, 1.165) is 39.9 Å². The van der Waals surface area contributed by atoms with Gasteiger partial charge in [0.05, 0.1) is 23.7 Å². The number of benzene rings is 7. The summed E-state index contributed by atoms with van der Waals surface area (Å²) in [4.78, 5) is 16.1. The van der Waals surface area contributed by atoms with Crippen LogP contribution in [0.1, 0.15) is 58.3 Å². The third kappa shape index (κ3) is 9.98. The Kier molecular flexibility index (Phi) is 13.2. The normalized spacial score (nSPS) is 18.5. The molecule has 7 aromatic rings. The van der Waals surface area contributed by atoms with E-state index >= 15 is 0 Å². The first kappa shape index (κ1) is 42.9. The number of amides is 1. The van der Waals surface area contributed by atoms with Crippen molar-refractivity contribution in [1.29, 1.82) is 0 Å². The van der Waals surface area contributed by atoms with Gasteiger partial charge in [0, 0.05) is 31.1 Å². The van der Waals surface area contributed by atoms with Crippen molar-refractivity contribution < 1.29 is 27.8 Å². The van der Waals surface area contributed by atoms with Crippen LogP contribution in [-0.4, -0.2) is 50.1 Å². The van der Waals surface area contributed by atoms with Crippen LogP contribution in [0.3, 0.4) is 0 Å². The Balaban J connectivity index is 0.990. The second-order valence-corrected chi connectivity index (χ2v) is 18.2. The van der Waals surface area contributed by atoms with Crippen molar-refractivity contribution in [3.05, 3.63) is 197 Å². The zero-order valence-corrected chi connectivity index (χ0v) is 36.1. The standard InChI is InChI=1S/C52H53N3O6S/c1-35-17-27-44(28-18-35)62(58,59)54-48(29-37-11-5-4-6-12-37)51(57)53-31-38-19-25-41(26-20-38)52-60-49(36(2)50(61-52)40-23-21-39(34-56)22-24-40)33-55(3)32-47-45-15-9-7-13-42(45)30-43-14-8-10-16-46(43)47/h4-28,30,36,48-50,52,54,56H,29,31-34H2,1-3H3,(H,53,57). The Morgan fingerprint density at radius 3 is 1.97 bits per heavy atom. The topological polar surface area (TPSA) is 117 Å². The molecule has 5 unspecified atom stereocenters. The molecule has 1 amide bonds. The van der Waals surface area contributed by atoms with Gasteiger partial charge in [-0.1, -0.05) is 152 Å². The summed E-state index contributed by atoms with van der Waals surface area (Å²) in [5, 5.41) is 17.6. The first-order chi connectivity index (χ1) is 30.0. The van der Waals surface area contributed by atoms with Crippen LogP contribution in [0.4, 0.5) is 0 Å². The van der Waals surface area contributed by atoms with Crippen LogP contribution in [0.25, 0.3) is 21.5 Å². The molecule has 9 nitrogen and oxygen atoms in total. The van der Waals surface area contributed by atoms with Crippen molar-refractivity contribution >= 4 is 37.5 Å². The number of rotatable bonds is 15. The van der Waals surface area contributed by atoms with Crippen LogP contribution in [-0.2, 0) is 50.4 Å². The number of aryl methyl sites for hydroxylation is 1. The second kappa shape index (κ2) is 19.1. The molecule has 0 radical (unpaired) electrons. The number of carbonyl (C=O) groups excluding carboxylic acids is 1. The van der Waals surface area contributed by atoms with E-state index in [9.17, 15) is 18.3 Å². The molecule has 0 saturated carbocycles. The lowest BCUT2D eigenvalue weighted by molar-refractivity contribution is -0.276. The maximum Gasteiger partial charge on any atom is 0.241 e. The Hall–Kier alpha value is -5.72. The van der Waals surface area contributed by atoms with E-state index in [-0.39, 0.29) is 42.6 Å². The summed E-state index contributed by atoms with van der Waals surface area (Å²) in [7, 11) is -1.83. The zero-order valence-electron chi connectivity index (χ0n) is 35.3. The summed E-state index contributed by atoms with van der Waals surface area (Å²) in [5.41, 5.74) is 6.57. The number of ether oxygens (including phenoxy) is 2. The van der Waals surface area contributed by atoms with E-state index in [1.165, 1.54) is 27.1 Å². The highest BCUT2D eigenvalue weighted by molar-refractivity contribution is 7.89. The van der Waals surface area contributed by atoms with Gasteiger partial charge in [0.25, 0.3) is 0 Å². The van der Waals surface area contributed by atoms with Crippen molar-refractivity contribution in [1.82, 2.24) is 14.9 Å². The van der Waals surface area contributed by atoms with Gasteiger partial charge in [0.2, 0.25) is 15.9 Å². The fraction of sp³-hybridized carbons (Fsp3) is 0.250. The SMILES string of the molecule is Cc1ccc(S(=O)(=O)NC(Cc2ccccc2)C(=O)NCc2ccc(C3OC(CN(C)Cc4c5ccccc5cc5ccccc45)C(C)C(c4ccc(CO)cc4)O3)cc2)cc1. The number of fused-ring (bicyclic) bond motifs is 2. The molecule has 62 heavy (non-hydrogen) atoms. The van der Waals surface area contributed by atoms with Crippen LogP contribution < -0.4 is 10.0 Å². The Labute approximate surface area is 364 Å². The van der Waals surface area contributed by atoms with Crippen LogP contribution in [0.15, 0.2) is 163 Å². The monoisotopic (exact) mass is 847 g/mol. The molecule has 0 aromatic heterocycles. The third-order valence-electron chi connectivity index (χ3n) is 11.9. The molecule has 3 N–H and O–H groups in total. The van der Waals surface area contributed by atoms with E-state index in [1.54, 1.807) is 24.3 Å². The molecule has 318 valence electrons. The molecule has 0 bridgehead atoms. The number of sulfonamides is 1. The molecule has 5 atom stereocenters. The summed E-state index contributed by atoms with van der Waals surface area (Å²) in [6.45, 7) is 5.61. The smallest absolute Gasteiger partial charge is 0.241 e. The van der Waals surface area contributed by atoms with Gasteiger partial charge >= 0.3 is 0 Å². The first-order valence-corrected chi connectivity index (χ1v) is 22.6. The molecule has 1 aliphatic rings. The van der Waals surface area contributed by atoms with E-state index in [4.69, 9.17) is 9.47 Å². The summed E-state index contributed by atoms with van der Waals surface area (Å²) >= 11 is 0. The van der Waals surface area contributed by atoms with Crippen LogP contribution in [0, 0.1) is 12.8 Å². The molecule has 0 spiro atoms. The van der Waals surface area contributed by atoms with Crippen molar-refractivity contribution in [2.75, 3.05) is 13.6 Å². The number of nitrogens with one attached hydrogen (secondary N) is 2. The first-order valence-electron chi connectivity index (χ1n) is 21.1. The summed E-state index contributed by atoms with van der Waals surface area (Å²) in [5.74, 6) is -0.431. The molecular weight excluding hydrogens is 795 g/mol. The Bertz CT molecular complexity index is 2670.